The second-order valence-corrected chi connectivity index (χ2v) is 9.67. The van der Waals surface area contributed by atoms with Crippen LogP contribution in [0.25, 0.3) is 0 Å². The zero-order valence-corrected chi connectivity index (χ0v) is 21.5. The standard InChI is InChI=1S/C15H26N2.C10H18O.Pt/c1-3-9-16(10-4-1)14-7-8-15(13-14)17-11-5-2-6-12-17;1-7-9(3,4)11-10(5,6)8-2;/h7-8,14-15H,1-6,9-13H2;7-8H,1-2H2,3-6H3;. The van der Waals surface area contributed by atoms with Crippen LogP contribution in [0.15, 0.2) is 37.5 Å². The van der Waals surface area contributed by atoms with Crippen molar-refractivity contribution in [1.29, 1.82) is 0 Å². The molecule has 1 aliphatic carbocycles. The number of hydrogen-bond donors (Lipinski definition) is 0. The Morgan fingerprint density at radius 3 is 1.38 bits per heavy atom. The molecule has 0 aromatic carbocycles. The van der Waals surface area contributed by atoms with Gasteiger partial charge in [0.05, 0.1) is 11.2 Å². The van der Waals surface area contributed by atoms with E-state index in [0.29, 0.717) is 0 Å². The third kappa shape index (κ3) is 9.21. The Kier molecular flexibility index (Phi) is 11.7. The van der Waals surface area contributed by atoms with E-state index in [4.69, 9.17) is 4.74 Å². The van der Waals surface area contributed by atoms with E-state index in [1.165, 1.54) is 71.1 Å². The summed E-state index contributed by atoms with van der Waals surface area (Å²) in [7, 11) is 0. The molecule has 0 saturated carbocycles. The van der Waals surface area contributed by atoms with Crippen LogP contribution in [-0.4, -0.2) is 59.3 Å². The molecule has 4 heteroatoms. The molecule has 0 aromatic rings. The number of likely N-dealkylation sites (tertiary alicyclic amines) is 2. The van der Waals surface area contributed by atoms with Crippen LogP contribution >= 0.6 is 0 Å². The van der Waals surface area contributed by atoms with Crippen molar-refractivity contribution < 1.29 is 25.8 Å². The summed E-state index contributed by atoms with van der Waals surface area (Å²) in [4.78, 5) is 5.42. The van der Waals surface area contributed by atoms with Crippen LogP contribution in [0.4, 0.5) is 0 Å². The summed E-state index contributed by atoms with van der Waals surface area (Å²) in [5.41, 5.74) is -0.560. The van der Waals surface area contributed by atoms with Gasteiger partial charge in [-0.25, -0.2) is 0 Å². The molecule has 170 valence electrons. The van der Waals surface area contributed by atoms with Crippen molar-refractivity contribution in [2.24, 2.45) is 0 Å². The minimum atomic E-state index is -0.280. The van der Waals surface area contributed by atoms with E-state index in [1.807, 2.05) is 27.7 Å². The molecule has 2 aliphatic heterocycles. The van der Waals surface area contributed by atoms with Gasteiger partial charge < -0.3 is 4.74 Å². The minimum absolute atomic E-state index is 0. The van der Waals surface area contributed by atoms with E-state index in [-0.39, 0.29) is 32.3 Å². The molecule has 2 atom stereocenters. The van der Waals surface area contributed by atoms with E-state index in [1.54, 1.807) is 12.2 Å². The number of rotatable bonds is 6. The molecule has 3 nitrogen and oxygen atoms in total. The molecule has 2 fully saturated rings. The van der Waals surface area contributed by atoms with Gasteiger partial charge in [0.2, 0.25) is 0 Å². The number of hydrogen-bond acceptors (Lipinski definition) is 3. The average molecular weight is 584 g/mol. The quantitative estimate of drug-likeness (QED) is 0.380. The van der Waals surface area contributed by atoms with Crippen LogP contribution in [0.5, 0.6) is 0 Å². The summed E-state index contributed by atoms with van der Waals surface area (Å²) >= 11 is 0. The van der Waals surface area contributed by atoms with Crippen LogP contribution in [-0.2, 0) is 25.8 Å². The molecule has 0 aromatic heterocycles. The normalized spacial score (nSPS) is 26.2. The maximum atomic E-state index is 5.69. The SMILES string of the molecule is C1=CC(N2CCCCC2)CC1N1CCCCC1.C=CC(C)(C)OC(C)(C)C=C.[Pt]. The Morgan fingerprint density at radius 2 is 1.07 bits per heavy atom. The number of ether oxygens (including phenoxy) is 1. The van der Waals surface area contributed by atoms with E-state index in [0.717, 1.165) is 12.1 Å². The Bertz CT molecular complexity index is 473. The predicted molar refractivity (Wildman–Crippen MR) is 122 cm³/mol. The average Bonchev–Trinajstić information content (AvgIpc) is 3.19. The first-order valence-corrected chi connectivity index (χ1v) is 11.4. The second-order valence-electron chi connectivity index (χ2n) is 9.67. The molecule has 0 bridgehead atoms. The summed E-state index contributed by atoms with van der Waals surface area (Å²) in [6.07, 6.45) is 18.5. The van der Waals surface area contributed by atoms with E-state index < -0.39 is 0 Å². The maximum absolute atomic E-state index is 5.69. The van der Waals surface area contributed by atoms with Gasteiger partial charge in [0, 0.05) is 33.1 Å². The first kappa shape index (κ1) is 26.8. The van der Waals surface area contributed by atoms with Crippen molar-refractivity contribution >= 4 is 0 Å². The van der Waals surface area contributed by atoms with Gasteiger partial charge in [-0.05, 0) is 86.0 Å². The summed E-state index contributed by atoms with van der Waals surface area (Å²) in [5.74, 6) is 0. The maximum Gasteiger partial charge on any atom is 0.0815 e. The smallest absolute Gasteiger partial charge is 0.0815 e. The van der Waals surface area contributed by atoms with Crippen molar-refractivity contribution in [1.82, 2.24) is 9.80 Å². The monoisotopic (exact) mass is 583 g/mol. The minimum Gasteiger partial charge on any atom is -0.362 e. The van der Waals surface area contributed by atoms with Gasteiger partial charge >= 0.3 is 0 Å². The largest absolute Gasteiger partial charge is 0.362 e. The summed E-state index contributed by atoms with van der Waals surface area (Å²) in [6, 6.07) is 1.50. The van der Waals surface area contributed by atoms with Gasteiger partial charge in [-0.1, -0.05) is 37.1 Å². The van der Waals surface area contributed by atoms with Crippen molar-refractivity contribution in [3.8, 4) is 0 Å². The molecule has 2 heterocycles. The first-order valence-electron chi connectivity index (χ1n) is 11.4. The molecule has 0 N–H and O–H groups in total. The van der Waals surface area contributed by atoms with Gasteiger partial charge in [-0.2, -0.15) is 0 Å². The Labute approximate surface area is 194 Å². The van der Waals surface area contributed by atoms with Crippen LogP contribution < -0.4 is 0 Å². The van der Waals surface area contributed by atoms with Gasteiger partial charge in [0.1, 0.15) is 0 Å². The zero-order valence-electron chi connectivity index (χ0n) is 19.3. The van der Waals surface area contributed by atoms with Gasteiger partial charge in [-0.3, -0.25) is 9.80 Å². The van der Waals surface area contributed by atoms with Crippen LogP contribution in [0.2, 0.25) is 0 Å². The van der Waals surface area contributed by atoms with Crippen LogP contribution in [0.3, 0.4) is 0 Å². The molecular weight excluding hydrogens is 539 g/mol. The summed E-state index contributed by atoms with van der Waals surface area (Å²) in [6.45, 7) is 20.6. The van der Waals surface area contributed by atoms with Crippen molar-refractivity contribution in [2.45, 2.75) is 95.9 Å². The van der Waals surface area contributed by atoms with Crippen LogP contribution in [0.1, 0.15) is 72.6 Å². The molecule has 3 aliphatic rings. The van der Waals surface area contributed by atoms with Gasteiger partial charge in [0.25, 0.3) is 0 Å². The molecule has 2 saturated heterocycles. The molecule has 3 rings (SSSR count). The van der Waals surface area contributed by atoms with Crippen molar-refractivity contribution in [2.75, 3.05) is 26.2 Å². The molecule has 0 amide bonds. The molecule has 0 spiro atoms. The first-order chi connectivity index (χ1) is 13.3. The third-order valence-corrected chi connectivity index (χ3v) is 6.27. The molecule has 0 radical (unpaired) electrons. The zero-order chi connectivity index (χ0) is 20.6. The molecular formula is C25H44N2OPt. The summed E-state index contributed by atoms with van der Waals surface area (Å²) < 4.78 is 5.69. The topological polar surface area (TPSA) is 15.7 Å². The van der Waals surface area contributed by atoms with Gasteiger partial charge in [0.15, 0.2) is 0 Å². The van der Waals surface area contributed by atoms with E-state index >= 15 is 0 Å². The van der Waals surface area contributed by atoms with E-state index in [2.05, 4.69) is 35.1 Å². The fourth-order valence-corrected chi connectivity index (χ4v) is 4.46. The van der Waals surface area contributed by atoms with E-state index in [9.17, 15) is 0 Å². The fourth-order valence-electron chi connectivity index (χ4n) is 4.46. The van der Waals surface area contributed by atoms with Crippen LogP contribution in [0, 0.1) is 0 Å². The number of nitrogens with zero attached hydrogens (tertiary/aromatic N) is 2. The summed E-state index contributed by atoms with van der Waals surface area (Å²) in [5, 5.41) is 0. The Hall–Kier alpha value is -0.212. The Morgan fingerprint density at radius 1 is 0.724 bits per heavy atom. The van der Waals surface area contributed by atoms with Gasteiger partial charge in [-0.15, -0.1) is 13.2 Å². The molecule has 2 unspecified atom stereocenters. The predicted octanol–water partition coefficient (Wildman–Crippen LogP) is 5.59. The molecule has 29 heavy (non-hydrogen) atoms. The van der Waals surface area contributed by atoms with Crippen molar-refractivity contribution in [3.05, 3.63) is 37.5 Å². The second kappa shape index (κ2) is 12.6. The number of piperidine rings is 2. The fraction of sp³-hybridized carbons (Fsp3) is 0.760. The van der Waals surface area contributed by atoms with Crippen molar-refractivity contribution in [3.63, 3.8) is 0 Å². The third-order valence-electron chi connectivity index (χ3n) is 6.27. The Balaban J connectivity index is 0.000000310.